The van der Waals surface area contributed by atoms with Gasteiger partial charge in [0.15, 0.2) is 0 Å². The minimum atomic E-state index is -0.0971. The first-order valence-electron chi connectivity index (χ1n) is 7.48. The molecular formula is C15H25N3O2. The zero-order chi connectivity index (χ0) is 14.7. The van der Waals surface area contributed by atoms with E-state index in [9.17, 15) is 4.79 Å². The molecule has 0 bridgehead atoms. The van der Waals surface area contributed by atoms with Gasteiger partial charge in [-0.1, -0.05) is 25.4 Å². The van der Waals surface area contributed by atoms with Crippen molar-refractivity contribution in [3.05, 3.63) is 11.3 Å². The molecule has 2 heterocycles. The molecule has 0 spiro atoms. The monoisotopic (exact) mass is 279 g/mol. The van der Waals surface area contributed by atoms with Gasteiger partial charge in [-0.25, -0.2) is 0 Å². The third-order valence-corrected chi connectivity index (χ3v) is 4.08. The first-order valence-corrected chi connectivity index (χ1v) is 7.48. The summed E-state index contributed by atoms with van der Waals surface area (Å²) in [5.41, 5.74) is 1.72. The molecule has 2 rings (SSSR count). The molecule has 1 atom stereocenters. The van der Waals surface area contributed by atoms with Crippen LogP contribution in [0.15, 0.2) is 4.52 Å². The van der Waals surface area contributed by atoms with Crippen molar-refractivity contribution in [2.45, 2.75) is 53.0 Å². The van der Waals surface area contributed by atoms with Gasteiger partial charge in [-0.3, -0.25) is 15.0 Å². The minimum Gasteiger partial charge on any atom is -0.338 e. The first-order chi connectivity index (χ1) is 9.50. The second-order valence-electron chi connectivity index (χ2n) is 6.00. The van der Waals surface area contributed by atoms with Crippen LogP contribution in [0.3, 0.4) is 0 Å². The van der Waals surface area contributed by atoms with Gasteiger partial charge in [-0.2, -0.15) is 0 Å². The molecule has 1 aromatic rings. The van der Waals surface area contributed by atoms with Crippen molar-refractivity contribution in [2.24, 2.45) is 5.92 Å². The number of piperidine rings is 1. The number of aryl methyl sites for hydroxylation is 1. The van der Waals surface area contributed by atoms with Crippen molar-refractivity contribution in [3.63, 3.8) is 0 Å². The standard InChI is InChI=1S/C15H25N3O2/c1-10(2)13(18-8-6-5-7-9-18)14(19)16-15-11(3)12(4)17-20-15/h10,13H,5-9H2,1-4H3,(H,16,19). The Labute approximate surface area is 120 Å². The Balaban J connectivity index is 2.08. The van der Waals surface area contributed by atoms with E-state index in [0.29, 0.717) is 5.88 Å². The Hall–Kier alpha value is -1.36. The SMILES string of the molecule is Cc1noc(NC(=O)C(C(C)C)N2CCCCC2)c1C. The molecule has 1 amide bonds. The molecule has 1 saturated heterocycles. The highest BCUT2D eigenvalue weighted by atomic mass is 16.5. The molecule has 1 N–H and O–H groups in total. The van der Waals surface area contributed by atoms with Crippen LogP contribution in [0.4, 0.5) is 5.88 Å². The Morgan fingerprint density at radius 2 is 1.90 bits per heavy atom. The first kappa shape index (κ1) is 15.0. The fourth-order valence-electron chi connectivity index (χ4n) is 2.80. The van der Waals surface area contributed by atoms with Crippen molar-refractivity contribution >= 4 is 11.8 Å². The van der Waals surface area contributed by atoms with Crippen LogP contribution in [-0.4, -0.2) is 35.1 Å². The van der Waals surface area contributed by atoms with Crippen LogP contribution in [0, 0.1) is 19.8 Å². The maximum atomic E-state index is 12.6. The molecular weight excluding hydrogens is 254 g/mol. The van der Waals surface area contributed by atoms with Crippen LogP contribution in [0.2, 0.25) is 0 Å². The zero-order valence-corrected chi connectivity index (χ0v) is 12.9. The van der Waals surface area contributed by atoms with Crippen LogP contribution < -0.4 is 5.32 Å². The number of rotatable bonds is 4. The van der Waals surface area contributed by atoms with E-state index in [2.05, 4.69) is 29.2 Å². The number of amides is 1. The summed E-state index contributed by atoms with van der Waals surface area (Å²) < 4.78 is 5.18. The summed E-state index contributed by atoms with van der Waals surface area (Å²) in [5.74, 6) is 0.772. The highest BCUT2D eigenvalue weighted by molar-refractivity contribution is 5.94. The van der Waals surface area contributed by atoms with Crippen molar-refractivity contribution in [1.29, 1.82) is 0 Å². The molecule has 0 aliphatic carbocycles. The van der Waals surface area contributed by atoms with E-state index in [0.717, 1.165) is 24.3 Å². The van der Waals surface area contributed by atoms with E-state index in [1.807, 2.05) is 13.8 Å². The fraction of sp³-hybridized carbons (Fsp3) is 0.733. The topological polar surface area (TPSA) is 58.4 Å². The maximum absolute atomic E-state index is 12.6. The summed E-state index contributed by atoms with van der Waals surface area (Å²) in [7, 11) is 0. The van der Waals surface area contributed by atoms with Gasteiger partial charge in [0, 0.05) is 5.56 Å². The van der Waals surface area contributed by atoms with Gasteiger partial charge in [0.1, 0.15) is 0 Å². The molecule has 0 aromatic carbocycles. The lowest BCUT2D eigenvalue weighted by Crippen LogP contribution is -2.49. The van der Waals surface area contributed by atoms with Gasteiger partial charge in [0.25, 0.3) is 0 Å². The number of likely N-dealkylation sites (tertiary alicyclic amines) is 1. The summed E-state index contributed by atoms with van der Waals surface area (Å²) in [6.07, 6.45) is 3.62. The lowest BCUT2D eigenvalue weighted by molar-refractivity contribution is -0.123. The van der Waals surface area contributed by atoms with Crippen LogP contribution >= 0.6 is 0 Å². The van der Waals surface area contributed by atoms with Gasteiger partial charge < -0.3 is 4.52 Å². The largest absolute Gasteiger partial charge is 0.338 e. The van der Waals surface area contributed by atoms with Crippen LogP contribution in [0.1, 0.15) is 44.4 Å². The van der Waals surface area contributed by atoms with Crippen molar-refractivity contribution < 1.29 is 9.32 Å². The van der Waals surface area contributed by atoms with E-state index in [4.69, 9.17) is 4.52 Å². The number of hydrogen-bond donors (Lipinski definition) is 1. The predicted molar refractivity (Wildman–Crippen MR) is 78.7 cm³/mol. The number of carbonyl (C=O) groups excluding carboxylic acids is 1. The average molecular weight is 279 g/mol. The van der Waals surface area contributed by atoms with E-state index < -0.39 is 0 Å². The van der Waals surface area contributed by atoms with Crippen LogP contribution in [0.25, 0.3) is 0 Å². The van der Waals surface area contributed by atoms with Crippen LogP contribution in [-0.2, 0) is 4.79 Å². The lowest BCUT2D eigenvalue weighted by atomic mass is 9.98. The summed E-state index contributed by atoms with van der Waals surface area (Å²) in [4.78, 5) is 14.9. The van der Waals surface area contributed by atoms with E-state index in [1.54, 1.807) is 0 Å². The molecule has 1 fully saturated rings. The van der Waals surface area contributed by atoms with Crippen molar-refractivity contribution in [2.75, 3.05) is 18.4 Å². The lowest BCUT2D eigenvalue weighted by Gasteiger charge is -2.35. The Kier molecular flexibility index (Phi) is 4.81. The molecule has 5 heteroatoms. The Morgan fingerprint density at radius 1 is 1.25 bits per heavy atom. The van der Waals surface area contributed by atoms with Gasteiger partial charge in [0.05, 0.1) is 11.7 Å². The van der Waals surface area contributed by atoms with Crippen molar-refractivity contribution in [3.8, 4) is 0 Å². The molecule has 1 aliphatic heterocycles. The summed E-state index contributed by atoms with van der Waals surface area (Å²) in [6.45, 7) is 9.98. The number of hydrogen-bond acceptors (Lipinski definition) is 4. The predicted octanol–water partition coefficient (Wildman–Crippen LogP) is 2.74. The average Bonchev–Trinajstić information content (AvgIpc) is 2.72. The molecule has 0 radical (unpaired) electrons. The number of aromatic nitrogens is 1. The van der Waals surface area contributed by atoms with Gasteiger partial charge in [-0.15, -0.1) is 0 Å². The second kappa shape index (κ2) is 6.39. The highest BCUT2D eigenvalue weighted by Crippen LogP contribution is 2.22. The quantitative estimate of drug-likeness (QED) is 0.920. The Bertz CT molecular complexity index is 462. The molecule has 5 nitrogen and oxygen atoms in total. The smallest absolute Gasteiger partial charge is 0.244 e. The summed E-state index contributed by atoms with van der Waals surface area (Å²) in [5, 5.41) is 6.78. The minimum absolute atomic E-state index is 0.0150. The third kappa shape index (κ3) is 3.20. The van der Waals surface area contributed by atoms with Crippen LogP contribution in [0.5, 0.6) is 0 Å². The van der Waals surface area contributed by atoms with Crippen molar-refractivity contribution in [1.82, 2.24) is 10.1 Å². The fourth-order valence-corrected chi connectivity index (χ4v) is 2.80. The molecule has 1 aliphatic rings. The highest BCUT2D eigenvalue weighted by Gasteiger charge is 2.30. The zero-order valence-electron chi connectivity index (χ0n) is 12.9. The molecule has 112 valence electrons. The van der Waals surface area contributed by atoms with Gasteiger partial charge in [-0.05, 0) is 45.7 Å². The molecule has 1 aromatic heterocycles. The van der Waals surface area contributed by atoms with E-state index in [-0.39, 0.29) is 17.9 Å². The third-order valence-electron chi connectivity index (χ3n) is 4.08. The normalized spacial score (nSPS) is 18.2. The van der Waals surface area contributed by atoms with E-state index >= 15 is 0 Å². The molecule has 20 heavy (non-hydrogen) atoms. The number of anilines is 1. The number of nitrogens with zero attached hydrogens (tertiary/aromatic N) is 2. The van der Waals surface area contributed by atoms with Gasteiger partial charge in [0.2, 0.25) is 11.8 Å². The summed E-state index contributed by atoms with van der Waals surface area (Å²) in [6, 6.07) is -0.0971. The second-order valence-corrected chi connectivity index (χ2v) is 6.00. The molecule has 1 unspecified atom stereocenters. The summed E-state index contributed by atoms with van der Waals surface area (Å²) >= 11 is 0. The Morgan fingerprint density at radius 3 is 2.40 bits per heavy atom. The van der Waals surface area contributed by atoms with Gasteiger partial charge >= 0.3 is 0 Å². The number of nitrogens with one attached hydrogen (secondary N) is 1. The number of carbonyl (C=O) groups is 1. The molecule has 0 saturated carbocycles. The maximum Gasteiger partial charge on any atom is 0.244 e. The van der Waals surface area contributed by atoms with E-state index in [1.165, 1.54) is 19.3 Å².